The number of likely N-dealkylation sites (N-methyl/N-ethyl adjacent to an activating group) is 2. The van der Waals surface area contributed by atoms with Crippen LogP contribution >= 0.6 is 0 Å². The van der Waals surface area contributed by atoms with Gasteiger partial charge in [-0.15, -0.1) is 8.57 Å². The minimum atomic E-state index is -5.10. The molecule has 4 bridgehead atoms. The van der Waals surface area contributed by atoms with E-state index in [4.69, 9.17) is 18.0 Å². The molecule has 16 nitrogen and oxygen atoms in total. The molecule has 0 radical (unpaired) electrons. The van der Waals surface area contributed by atoms with Crippen LogP contribution in [0.3, 0.4) is 0 Å². The lowest BCUT2D eigenvalue weighted by atomic mass is 9.99. The fourth-order valence-electron chi connectivity index (χ4n) is 4.96. The normalized spacial score (nSPS) is 26.2. The molecule has 4 atom stereocenters. The molecule has 4 heterocycles. The van der Waals surface area contributed by atoms with Gasteiger partial charge >= 0.3 is 22.5 Å². The van der Waals surface area contributed by atoms with Gasteiger partial charge in [0.15, 0.2) is 0 Å². The monoisotopic (exact) mass is 572 g/mol. The Labute approximate surface area is 226 Å². The summed E-state index contributed by atoms with van der Waals surface area (Å²) in [6.45, 7) is 0.0694. The molecule has 4 aliphatic rings. The van der Waals surface area contributed by atoms with Crippen LogP contribution in [0.4, 0.5) is 9.59 Å². The number of carbonyl (C=O) groups excluding carboxylic acids is 4. The fraction of sp³-hybridized carbons (Fsp3) is 0.636. The van der Waals surface area contributed by atoms with E-state index in [9.17, 15) is 27.6 Å². The molecule has 0 aromatic rings. The molecule has 2 fully saturated rings. The number of hydrogen-bond acceptors (Lipinski definition) is 10. The summed E-state index contributed by atoms with van der Waals surface area (Å²) < 4.78 is 46.7. The van der Waals surface area contributed by atoms with Crippen LogP contribution in [0.25, 0.3) is 0 Å². The second-order valence-corrected chi connectivity index (χ2v) is 10.9. The molecule has 0 aliphatic carbocycles. The Bertz CT molecular complexity index is 1130. The average molecular weight is 573 g/mol. The number of hydroxylamine groups is 4. The third kappa shape index (κ3) is 5.19. The maximum Gasteiger partial charge on any atom is 0.442 e. The molecule has 216 valence electrons. The molecular weight excluding hydrogens is 540 g/mol. The van der Waals surface area contributed by atoms with E-state index >= 15 is 0 Å². The Morgan fingerprint density at radius 3 is 1.46 bits per heavy atom. The highest BCUT2D eigenvalue weighted by Crippen LogP contribution is 2.35. The van der Waals surface area contributed by atoms with E-state index in [0.717, 1.165) is 0 Å². The summed E-state index contributed by atoms with van der Waals surface area (Å²) in [6, 6.07) is -5.05. The minimum absolute atomic E-state index is 0.0320. The molecular formula is C22H32N6O10S. The van der Waals surface area contributed by atoms with Crippen LogP contribution in [0.1, 0.15) is 0 Å². The molecule has 0 N–H and O–H groups in total. The van der Waals surface area contributed by atoms with Crippen molar-refractivity contribution in [3.63, 3.8) is 0 Å². The smallest absolute Gasteiger partial charge is 0.382 e. The van der Waals surface area contributed by atoms with Crippen molar-refractivity contribution in [2.24, 2.45) is 0 Å². The van der Waals surface area contributed by atoms with E-state index in [1.54, 1.807) is 0 Å². The Morgan fingerprint density at radius 1 is 0.795 bits per heavy atom. The molecule has 0 aromatic heterocycles. The summed E-state index contributed by atoms with van der Waals surface area (Å²) in [4.78, 5) is 57.2. The molecule has 39 heavy (non-hydrogen) atoms. The molecule has 0 aromatic carbocycles. The number of urea groups is 2. The van der Waals surface area contributed by atoms with Gasteiger partial charge in [0, 0.05) is 53.6 Å². The van der Waals surface area contributed by atoms with Gasteiger partial charge in [0.2, 0.25) is 0 Å². The SMILES string of the molecule is COCC1C=C(C(=O)N(C)C)C2CN1C(=O)N2OS(=O)(=O)ON1C(=O)N2CC1C(C(=O)N(C)C)=CC2COC. The Hall–Kier alpha value is -3.25. The first kappa shape index (κ1) is 28.8. The lowest BCUT2D eigenvalue weighted by molar-refractivity contribution is -0.127. The van der Waals surface area contributed by atoms with Crippen molar-refractivity contribution >= 4 is 34.3 Å². The number of hydrogen-bond donors (Lipinski definition) is 0. The van der Waals surface area contributed by atoms with Gasteiger partial charge in [-0.25, -0.2) is 9.59 Å². The Kier molecular flexibility index (Phi) is 7.91. The van der Waals surface area contributed by atoms with Crippen LogP contribution in [0.2, 0.25) is 0 Å². The molecule has 2 saturated heterocycles. The predicted molar refractivity (Wildman–Crippen MR) is 131 cm³/mol. The van der Waals surface area contributed by atoms with Crippen LogP contribution < -0.4 is 0 Å². The number of amides is 6. The van der Waals surface area contributed by atoms with Crippen molar-refractivity contribution in [3.05, 3.63) is 23.3 Å². The number of nitrogens with zero attached hydrogens (tertiary/aromatic N) is 6. The summed E-state index contributed by atoms with van der Waals surface area (Å²) in [7, 11) is 3.84. The van der Waals surface area contributed by atoms with Gasteiger partial charge in [0.1, 0.15) is 12.1 Å². The molecule has 0 saturated carbocycles. The summed E-state index contributed by atoms with van der Waals surface area (Å²) in [5.74, 6) is -0.889. The second kappa shape index (κ2) is 10.7. The van der Waals surface area contributed by atoms with E-state index in [-0.39, 0.29) is 37.4 Å². The first-order chi connectivity index (χ1) is 18.3. The van der Waals surface area contributed by atoms with Gasteiger partial charge in [-0.2, -0.15) is 18.5 Å². The van der Waals surface area contributed by atoms with Crippen LogP contribution in [0.5, 0.6) is 0 Å². The van der Waals surface area contributed by atoms with Crippen molar-refractivity contribution in [2.75, 3.05) is 68.7 Å². The van der Waals surface area contributed by atoms with Gasteiger partial charge in [-0.1, -0.05) is 0 Å². The van der Waals surface area contributed by atoms with Gasteiger partial charge in [-0.3, -0.25) is 9.59 Å². The standard InChI is InChI=1S/C22H32N6O10S/c1-23(2)19(29)15-7-13(11-35-5)25-9-17(15)27(21(25)31)37-39(33,34)38-28-18-10-26(22(28)32)14(12-36-6)8-16(18)20(30)24(3)4/h7-8,13-14,17-18H,9-12H2,1-6H3. The largest absolute Gasteiger partial charge is 0.442 e. The van der Waals surface area contributed by atoms with E-state index in [1.165, 1.54) is 74.2 Å². The van der Waals surface area contributed by atoms with E-state index in [2.05, 4.69) is 0 Å². The molecule has 4 unspecified atom stereocenters. The lowest BCUT2D eigenvalue weighted by Gasteiger charge is -2.30. The van der Waals surface area contributed by atoms with Crippen molar-refractivity contribution in [2.45, 2.75) is 24.2 Å². The average Bonchev–Trinajstić information content (AvgIpc) is 3.29. The summed E-state index contributed by atoms with van der Waals surface area (Å²) in [5.41, 5.74) is 0.283. The fourth-order valence-corrected chi connectivity index (χ4v) is 5.71. The zero-order valence-electron chi connectivity index (χ0n) is 22.5. The quantitative estimate of drug-likeness (QED) is 0.298. The third-order valence-electron chi connectivity index (χ3n) is 6.76. The number of rotatable bonds is 10. The highest BCUT2D eigenvalue weighted by Gasteiger charge is 2.53. The summed E-state index contributed by atoms with van der Waals surface area (Å²) in [5, 5.41) is 1.08. The number of ether oxygens (including phenoxy) is 2. The highest BCUT2D eigenvalue weighted by atomic mass is 32.3. The first-order valence-corrected chi connectivity index (χ1v) is 13.3. The van der Waals surface area contributed by atoms with Crippen LogP contribution in [-0.2, 0) is 38.0 Å². The molecule has 0 spiro atoms. The first-order valence-electron chi connectivity index (χ1n) is 12.0. The van der Waals surface area contributed by atoms with Crippen LogP contribution in [0, 0.1) is 0 Å². The van der Waals surface area contributed by atoms with Gasteiger partial charge < -0.3 is 29.1 Å². The lowest BCUT2D eigenvalue weighted by Crippen LogP contribution is -2.45. The van der Waals surface area contributed by atoms with E-state index in [1.807, 2.05) is 0 Å². The molecule has 4 rings (SSSR count). The van der Waals surface area contributed by atoms with Gasteiger partial charge in [0.25, 0.3) is 11.8 Å². The number of carbonyl (C=O) groups is 4. The van der Waals surface area contributed by atoms with E-state index < -0.39 is 58.4 Å². The predicted octanol–water partition coefficient (Wildman–Crippen LogP) is -1.61. The van der Waals surface area contributed by atoms with Crippen molar-refractivity contribution in [1.82, 2.24) is 29.7 Å². The summed E-state index contributed by atoms with van der Waals surface area (Å²) in [6.07, 6.45) is 3.07. The van der Waals surface area contributed by atoms with Crippen molar-refractivity contribution in [3.8, 4) is 0 Å². The Balaban J connectivity index is 1.59. The zero-order chi connectivity index (χ0) is 28.8. The third-order valence-corrected chi connectivity index (χ3v) is 7.45. The maximum absolute atomic E-state index is 13.1. The molecule has 17 heteroatoms. The highest BCUT2D eigenvalue weighted by molar-refractivity contribution is 7.81. The van der Waals surface area contributed by atoms with Gasteiger partial charge in [0.05, 0.1) is 38.4 Å². The second-order valence-electron chi connectivity index (χ2n) is 9.80. The van der Waals surface area contributed by atoms with Crippen molar-refractivity contribution < 1.29 is 45.6 Å². The molecule has 6 amide bonds. The van der Waals surface area contributed by atoms with Gasteiger partial charge in [-0.05, 0) is 12.2 Å². The topological polar surface area (TPSA) is 159 Å². The number of fused-ring (bicyclic) bond motifs is 4. The van der Waals surface area contributed by atoms with Crippen LogP contribution in [0.15, 0.2) is 23.3 Å². The van der Waals surface area contributed by atoms with Crippen molar-refractivity contribution in [1.29, 1.82) is 0 Å². The maximum atomic E-state index is 13.1. The minimum Gasteiger partial charge on any atom is -0.382 e. The number of methoxy groups -OCH3 is 2. The van der Waals surface area contributed by atoms with E-state index in [0.29, 0.717) is 10.1 Å². The summed E-state index contributed by atoms with van der Waals surface area (Å²) >= 11 is 0. The Morgan fingerprint density at radius 2 is 1.15 bits per heavy atom. The zero-order valence-corrected chi connectivity index (χ0v) is 23.3. The molecule has 4 aliphatic heterocycles. The van der Waals surface area contributed by atoms with Crippen LogP contribution in [-0.4, -0.2) is 155 Å².